The number of rotatable bonds is 5. The smallest absolute Gasteiger partial charge is 0.00187 e. The van der Waals surface area contributed by atoms with Crippen molar-refractivity contribution in [2.75, 3.05) is 20.1 Å². The van der Waals surface area contributed by atoms with E-state index in [1.807, 2.05) is 27.7 Å². The summed E-state index contributed by atoms with van der Waals surface area (Å²) in [7, 11) is 2.17. The third-order valence-corrected chi connectivity index (χ3v) is 2.39. The summed E-state index contributed by atoms with van der Waals surface area (Å²) in [5.41, 5.74) is 1.45. The maximum absolute atomic E-state index is 2.35. The van der Waals surface area contributed by atoms with Crippen LogP contribution in [-0.4, -0.2) is 25.0 Å². The third kappa shape index (κ3) is 11.4. The van der Waals surface area contributed by atoms with E-state index >= 15 is 0 Å². The van der Waals surface area contributed by atoms with Crippen molar-refractivity contribution in [2.24, 2.45) is 0 Å². The van der Waals surface area contributed by atoms with Crippen LogP contribution >= 0.6 is 0 Å². The Morgan fingerprint density at radius 3 is 1.94 bits per heavy atom. The minimum atomic E-state index is 1.15. The average molecular weight is 237 g/mol. The molecule has 17 heavy (non-hydrogen) atoms. The zero-order valence-corrected chi connectivity index (χ0v) is 12.7. The van der Waals surface area contributed by atoms with Crippen molar-refractivity contribution in [3.05, 3.63) is 35.9 Å². The van der Waals surface area contributed by atoms with E-state index in [4.69, 9.17) is 0 Å². The molecule has 0 fully saturated rings. The van der Waals surface area contributed by atoms with Crippen LogP contribution in [0.2, 0.25) is 0 Å². The molecule has 0 unspecified atom stereocenters. The van der Waals surface area contributed by atoms with Crippen molar-refractivity contribution in [3.63, 3.8) is 0 Å². The molecular formula is C16H31N. The molecule has 0 bridgehead atoms. The molecular weight excluding hydrogens is 206 g/mol. The summed E-state index contributed by atoms with van der Waals surface area (Å²) in [6.07, 6.45) is 2.46. The minimum absolute atomic E-state index is 1.15. The maximum atomic E-state index is 2.35. The van der Waals surface area contributed by atoms with Crippen LogP contribution in [0.1, 0.15) is 46.6 Å². The Morgan fingerprint density at radius 1 is 0.941 bits per heavy atom. The lowest BCUT2D eigenvalue weighted by Crippen LogP contribution is -2.19. The standard InChI is InChI=1S/C12H19N.2C2H6/c1-3-13(2)11-7-10-12-8-5-4-6-9-12;2*1-2/h4-6,8-9H,3,7,10-11H2,1-2H3;2*1-2H3. The molecule has 0 spiro atoms. The monoisotopic (exact) mass is 237 g/mol. The lowest BCUT2D eigenvalue weighted by atomic mass is 10.1. The first-order valence-corrected chi connectivity index (χ1v) is 7.05. The van der Waals surface area contributed by atoms with Crippen molar-refractivity contribution in [2.45, 2.75) is 47.5 Å². The highest BCUT2D eigenvalue weighted by molar-refractivity contribution is 5.14. The van der Waals surface area contributed by atoms with E-state index in [9.17, 15) is 0 Å². The normalized spacial score (nSPS) is 8.88. The second-order valence-electron chi connectivity index (χ2n) is 3.49. The van der Waals surface area contributed by atoms with Crippen LogP contribution in [0.5, 0.6) is 0 Å². The second-order valence-corrected chi connectivity index (χ2v) is 3.49. The molecule has 1 rings (SSSR count). The van der Waals surface area contributed by atoms with Crippen molar-refractivity contribution in [1.82, 2.24) is 4.90 Å². The van der Waals surface area contributed by atoms with Gasteiger partial charge in [-0.05, 0) is 38.5 Å². The molecule has 0 heterocycles. The molecule has 1 nitrogen and oxygen atoms in total. The molecule has 1 aromatic carbocycles. The SMILES string of the molecule is CC.CC.CCN(C)CCCc1ccccc1. The minimum Gasteiger partial charge on any atom is -0.307 e. The van der Waals surface area contributed by atoms with E-state index < -0.39 is 0 Å². The fourth-order valence-electron chi connectivity index (χ4n) is 1.36. The van der Waals surface area contributed by atoms with Gasteiger partial charge in [0, 0.05) is 0 Å². The van der Waals surface area contributed by atoms with Gasteiger partial charge < -0.3 is 4.90 Å². The Balaban J connectivity index is 0. The second kappa shape index (κ2) is 15.2. The van der Waals surface area contributed by atoms with Crippen molar-refractivity contribution < 1.29 is 0 Å². The van der Waals surface area contributed by atoms with E-state index in [-0.39, 0.29) is 0 Å². The summed E-state index contributed by atoms with van der Waals surface area (Å²) in [5.74, 6) is 0. The average Bonchev–Trinajstić information content (AvgIpc) is 2.44. The van der Waals surface area contributed by atoms with Crippen LogP contribution in [-0.2, 0) is 6.42 Å². The largest absolute Gasteiger partial charge is 0.307 e. The van der Waals surface area contributed by atoms with E-state index in [1.165, 1.54) is 24.9 Å². The molecule has 0 aliphatic heterocycles. The van der Waals surface area contributed by atoms with E-state index in [0.717, 1.165) is 6.54 Å². The van der Waals surface area contributed by atoms with Gasteiger partial charge in [-0.15, -0.1) is 0 Å². The Labute approximate surface area is 109 Å². The van der Waals surface area contributed by atoms with Crippen molar-refractivity contribution >= 4 is 0 Å². The molecule has 0 aromatic heterocycles. The lowest BCUT2D eigenvalue weighted by molar-refractivity contribution is 0.347. The topological polar surface area (TPSA) is 3.24 Å². The molecule has 0 radical (unpaired) electrons. The van der Waals surface area contributed by atoms with Crippen molar-refractivity contribution in [3.8, 4) is 0 Å². The van der Waals surface area contributed by atoms with Gasteiger partial charge in [0.2, 0.25) is 0 Å². The lowest BCUT2D eigenvalue weighted by Gasteiger charge is -2.12. The highest BCUT2D eigenvalue weighted by atomic mass is 15.1. The quantitative estimate of drug-likeness (QED) is 0.722. The predicted molar refractivity (Wildman–Crippen MR) is 80.6 cm³/mol. The van der Waals surface area contributed by atoms with Crippen LogP contribution < -0.4 is 0 Å². The van der Waals surface area contributed by atoms with Gasteiger partial charge in [0.15, 0.2) is 0 Å². The number of aryl methyl sites for hydroxylation is 1. The molecule has 1 aromatic rings. The third-order valence-electron chi connectivity index (χ3n) is 2.39. The van der Waals surface area contributed by atoms with E-state index in [2.05, 4.69) is 49.2 Å². The van der Waals surface area contributed by atoms with Crippen molar-refractivity contribution in [1.29, 1.82) is 0 Å². The van der Waals surface area contributed by atoms with E-state index in [0.29, 0.717) is 0 Å². The number of nitrogens with zero attached hydrogens (tertiary/aromatic N) is 1. The molecule has 0 saturated heterocycles. The Bertz CT molecular complexity index is 218. The van der Waals surface area contributed by atoms with Crippen LogP contribution in [0, 0.1) is 0 Å². The Morgan fingerprint density at radius 2 is 1.47 bits per heavy atom. The summed E-state index contributed by atoms with van der Waals surface area (Å²) in [4.78, 5) is 2.35. The molecule has 0 amide bonds. The van der Waals surface area contributed by atoms with Gasteiger partial charge in [0.05, 0.1) is 0 Å². The molecule has 1 heteroatoms. The zero-order chi connectivity index (χ0) is 13.5. The molecule has 0 saturated carbocycles. The molecule has 0 N–H and O–H groups in total. The first-order chi connectivity index (χ1) is 8.33. The first kappa shape index (κ1) is 18.5. The molecule has 100 valence electrons. The molecule has 0 atom stereocenters. The maximum Gasteiger partial charge on any atom is -0.00187 e. The Kier molecular flexibility index (Phi) is 16.6. The summed E-state index contributed by atoms with van der Waals surface area (Å²) in [6, 6.07) is 10.7. The van der Waals surface area contributed by atoms with Crippen LogP contribution in [0.3, 0.4) is 0 Å². The van der Waals surface area contributed by atoms with Gasteiger partial charge in [-0.2, -0.15) is 0 Å². The Hall–Kier alpha value is -0.820. The van der Waals surface area contributed by atoms with Crippen LogP contribution in [0.4, 0.5) is 0 Å². The van der Waals surface area contributed by atoms with E-state index in [1.54, 1.807) is 0 Å². The fourth-order valence-corrected chi connectivity index (χ4v) is 1.36. The zero-order valence-electron chi connectivity index (χ0n) is 12.7. The summed E-state index contributed by atoms with van der Waals surface area (Å²) in [5, 5.41) is 0. The van der Waals surface area contributed by atoms with Gasteiger partial charge in [-0.1, -0.05) is 65.0 Å². The fraction of sp³-hybridized carbons (Fsp3) is 0.625. The summed E-state index contributed by atoms with van der Waals surface area (Å²) in [6.45, 7) is 12.5. The first-order valence-electron chi connectivity index (χ1n) is 7.05. The van der Waals surface area contributed by atoms with Gasteiger partial charge >= 0.3 is 0 Å². The molecule has 0 aliphatic rings. The summed E-state index contributed by atoms with van der Waals surface area (Å²) < 4.78 is 0. The summed E-state index contributed by atoms with van der Waals surface area (Å²) >= 11 is 0. The molecule has 0 aliphatic carbocycles. The van der Waals surface area contributed by atoms with Crippen LogP contribution in [0.25, 0.3) is 0 Å². The highest BCUT2D eigenvalue weighted by Crippen LogP contribution is 2.02. The number of hydrogen-bond donors (Lipinski definition) is 0. The van der Waals surface area contributed by atoms with Gasteiger partial charge in [-0.25, -0.2) is 0 Å². The highest BCUT2D eigenvalue weighted by Gasteiger charge is 1.95. The van der Waals surface area contributed by atoms with Gasteiger partial charge in [0.25, 0.3) is 0 Å². The number of hydrogen-bond acceptors (Lipinski definition) is 1. The van der Waals surface area contributed by atoms with Gasteiger partial charge in [0.1, 0.15) is 0 Å². The predicted octanol–water partition coefficient (Wildman–Crippen LogP) is 4.62. The number of benzene rings is 1. The van der Waals surface area contributed by atoms with Gasteiger partial charge in [-0.3, -0.25) is 0 Å². The van der Waals surface area contributed by atoms with Crippen LogP contribution in [0.15, 0.2) is 30.3 Å².